The SMILES string of the molecule is CCCn1cc(-c2nc(CC(C)C)c(Br)c(=O)[nH]2)cn1. The Balaban J connectivity index is 2.40. The van der Waals surface area contributed by atoms with Crippen molar-refractivity contribution >= 4 is 15.9 Å². The van der Waals surface area contributed by atoms with Crippen molar-refractivity contribution in [1.82, 2.24) is 19.7 Å². The molecule has 0 fully saturated rings. The number of nitrogens with one attached hydrogen (secondary N) is 1. The van der Waals surface area contributed by atoms with E-state index in [9.17, 15) is 4.79 Å². The number of hydrogen-bond acceptors (Lipinski definition) is 3. The number of aryl methyl sites for hydroxylation is 1. The molecule has 0 amide bonds. The zero-order chi connectivity index (χ0) is 14.7. The van der Waals surface area contributed by atoms with E-state index in [1.54, 1.807) is 6.20 Å². The molecule has 2 rings (SSSR count). The molecule has 2 aromatic heterocycles. The lowest BCUT2D eigenvalue weighted by Crippen LogP contribution is -2.14. The summed E-state index contributed by atoms with van der Waals surface area (Å²) < 4.78 is 2.38. The van der Waals surface area contributed by atoms with E-state index in [1.807, 2.05) is 10.9 Å². The molecule has 5 nitrogen and oxygen atoms in total. The number of rotatable bonds is 5. The van der Waals surface area contributed by atoms with Gasteiger partial charge in [0.1, 0.15) is 10.3 Å². The monoisotopic (exact) mass is 338 g/mol. The standard InChI is InChI=1S/C14H19BrN4O/c1-4-5-19-8-10(7-16-19)13-17-11(6-9(2)3)12(15)14(20)18-13/h7-9H,4-6H2,1-3H3,(H,17,18,20). The average Bonchev–Trinajstić information content (AvgIpc) is 2.83. The number of aromatic nitrogens is 4. The molecule has 1 N–H and O–H groups in total. The smallest absolute Gasteiger partial charge is 0.265 e. The Kier molecular flexibility index (Phi) is 4.75. The fourth-order valence-corrected chi connectivity index (χ4v) is 2.35. The van der Waals surface area contributed by atoms with Crippen molar-refractivity contribution in [2.24, 2.45) is 5.92 Å². The molecule has 0 aromatic carbocycles. The highest BCUT2D eigenvalue weighted by Gasteiger charge is 2.12. The van der Waals surface area contributed by atoms with Gasteiger partial charge in [0.2, 0.25) is 0 Å². The van der Waals surface area contributed by atoms with Gasteiger partial charge in [0, 0.05) is 12.7 Å². The van der Waals surface area contributed by atoms with Gasteiger partial charge >= 0.3 is 0 Å². The Hall–Kier alpha value is -1.43. The largest absolute Gasteiger partial charge is 0.305 e. The van der Waals surface area contributed by atoms with Crippen molar-refractivity contribution in [2.75, 3.05) is 0 Å². The van der Waals surface area contributed by atoms with Gasteiger partial charge in [-0.1, -0.05) is 20.8 Å². The van der Waals surface area contributed by atoms with Gasteiger partial charge in [-0.2, -0.15) is 5.10 Å². The molecular weight excluding hydrogens is 320 g/mol. The maximum absolute atomic E-state index is 12.0. The van der Waals surface area contributed by atoms with E-state index in [-0.39, 0.29) is 5.56 Å². The molecule has 0 atom stereocenters. The van der Waals surface area contributed by atoms with Crippen LogP contribution in [0.25, 0.3) is 11.4 Å². The number of halogens is 1. The minimum Gasteiger partial charge on any atom is -0.305 e. The molecule has 20 heavy (non-hydrogen) atoms. The fourth-order valence-electron chi connectivity index (χ4n) is 2.00. The van der Waals surface area contributed by atoms with E-state index in [0.717, 1.165) is 30.6 Å². The van der Waals surface area contributed by atoms with Crippen molar-refractivity contribution in [3.05, 3.63) is 32.9 Å². The summed E-state index contributed by atoms with van der Waals surface area (Å²) in [5.41, 5.74) is 1.49. The lowest BCUT2D eigenvalue weighted by atomic mass is 10.1. The van der Waals surface area contributed by atoms with E-state index in [4.69, 9.17) is 0 Å². The molecule has 0 saturated carbocycles. The van der Waals surface area contributed by atoms with Gasteiger partial charge in [-0.25, -0.2) is 4.98 Å². The van der Waals surface area contributed by atoms with Crippen LogP contribution in [0.4, 0.5) is 0 Å². The molecule has 0 aliphatic heterocycles. The van der Waals surface area contributed by atoms with Crippen LogP contribution in [0.1, 0.15) is 32.9 Å². The van der Waals surface area contributed by atoms with Crippen molar-refractivity contribution in [3.63, 3.8) is 0 Å². The van der Waals surface area contributed by atoms with Gasteiger partial charge in [-0.05, 0) is 34.7 Å². The summed E-state index contributed by atoms with van der Waals surface area (Å²) in [5, 5.41) is 4.27. The van der Waals surface area contributed by atoms with Crippen molar-refractivity contribution < 1.29 is 0 Å². The van der Waals surface area contributed by atoms with Crippen LogP contribution in [-0.2, 0) is 13.0 Å². The second-order valence-corrected chi connectivity index (χ2v) is 6.06. The number of aromatic amines is 1. The zero-order valence-electron chi connectivity index (χ0n) is 12.0. The van der Waals surface area contributed by atoms with Crippen LogP contribution in [0.2, 0.25) is 0 Å². The Morgan fingerprint density at radius 1 is 1.45 bits per heavy atom. The lowest BCUT2D eigenvalue weighted by Gasteiger charge is -2.07. The van der Waals surface area contributed by atoms with Gasteiger partial charge in [0.15, 0.2) is 0 Å². The van der Waals surface area contributed by atoms with E-state index in [1.165, 1.54) is 0 Å². The Bertz CT molecular complexity index is 645. The van der Waals surface area contributed by atoms with Gasteiger partial charge in [0.05, 0.1) is 17.5 Å². The van der Waals surface area contributed by atoms with Gasteiger partial charge in [0.25, 0.3) is 5.56 Å². The van der Waals surface area contributed by atoms with Crippen LogP contribution < -0.4 is 5.56 Å². The molecule has 108 valence electrons. The molecule has 6 heteroatoms. The molecule has 0 radical (unpaired) electrons. The molecule has 2 aromatic rings. The summed E-state index contributed by atoms with van der Waals surface area (Å²) in [6.45, 7) is 7.17. The summed E-state index contributed by atoms with van der Waals surface area (Å²) in [5.74, 6) is 1.02. The molecule has 0 bridgehead atoms. The first-order valence-electron chi connectivity index (χ1n) is 6.82. The highest BCUT2D eigenvalue weighted by Crippen LogP contribution is 2.18. The molecule has 0 aliphatic rings. The second-order valence-electron chi connectivity index (χ2n) is 5.27. The molecule has 0 spiro atoms. The van der Waals surface area contributed by atoms with Crippen LogP contribution in [0.3, 0.4) is 0 Å². The van der Waals surface area contributed by atoms with Crippen LogP contribution in [0, 0.1) is 5.92 Å². The topological polar surface area (TPSA) is 63.6 Å². The summed E-state index contributed by atoms with van der Waals surface area (Å²) >= 11 is 3.32. The quantitative estimate of drug-likeness (QED) is 0.911. The van der Waals surface area contributed by atoms with Gasteiger partial charge < -0.3 is 4.98 Å². The molecule has 0 unspecified atom stereocenters. The Morgan fingerprint density at radius 2 is 2.20 bits per heavy atom. The molecule has 0 saturated heterocycles. The van der Waals surface area contributed by atoms with E-state index in [0.29, 0.717) is 16.2 Å². The third kappa shape index (κ3) is 3.36. The third-order valence-electron chi connectivity index (χ3n) is 2.89. The van der Waals surface area contributed by atoms with Crippen molar-refractivity contribution in [3.8, 4) is 11.4 Å². The molecule has 0 aliphatic carbocycles. The third-order valence-corrected chi connectivity index (χ3v) is 3.71. The minimum atomic E-state index is -0.145. The summed E-state index contributed by atoms with van der Waals surface area (Å²) in [6.07, 6.45) is 5.43. The first-order chi connectivity index (χ1) is 9.51. The van der Waals surface area contributed by atoms with Crippen LogP contribution in [0.5, 0.6) is 0 Å². The van der Waals surface area contributed by atoms with Crippen molar-refractivity contribution in [1.29, 1.82) is 0 Å². The summed E-state index contributed by atoms with van der Waals surface area (Å²) in [6, 6.07) is 0. The van der Waals surface area contributed by atoms with Crippen LogP contribution in [0.15, 0.2) is 21.7 Å². The number of hydrogen-bond donors (Lipinski definition) is 1. The number of H-pyrrole nitrogens is 1. The summed E-state index contributed by atoms with van der Waals surface area (Å²) in [7, 11) is 0. The predicted molar refractivity (Wildman–Crippen MR) is 82.6 cm³/mol. The fraction of sp³-hybridized carbons (Fsp3) is 0.500. The Labute approximate surface area is 126 Å². The zero-order valence-corrected chi connectivity index (χ0v) is 13.6. The number of nitrogens with zero attached hydrogens (tertiary/aromatic N) is 3. The highest BCUT2D eigenvalue weighted by molar-refractivity contribution is 9.10. The first kappa shape index (κ1) is 15.0. The lowest BCUT2D eigenvalue weighted by molar-refractivity contribution is 0.603. The highest BCUT2D eigenvalue weighted by atomic mass is 79.9. The minimum absolute atomic E-state index is 0.145. The average molecular weight is 339 g/mol. The van der Waals surface area contributed by atoms with E-state index >= 15 is 0 Å². The predicted octanol–water partition coefficient (Wildman–Crippen LogP) is 3.00. The second kappa shape index (κ2) is 6.35. The normalized spacial score (nSPS) is 11.2. The van der Waals surface area contributed by atoms with Crippen LogP contribution >= 0.6 is 15.9 Å². The van der Waals surface area contributed by atoms with Crippen LogP contribution in [-0.4, -0.2) is 19.7 Å². The maximum Gasteiger partial charge on any atom is 0.265 e. The summed E-state index contributed by atoms with van der Waals surface area (Å²) in [4.78, 5) is 19.3. The first-order valence-corrected chi connectivity index (χ1v) is 7.62. The Morgan fingerprint density at radius 3 is 2.85 bits per heavy atom. The molecule has 2 heterocycles. The van der Waals surface area contributed by atoms with Gasteiger partial charge in [-0.3, -0.25) is 9.48 Å². The molecular formula is C14H19BrN4O. The van der Waals surface area contributed by atoms with Gasteiger partial charge in [-0.15, -0.1) is 0 Å². The maximum atomic E-state index is 12.0. The van der Waals surface area contributed by atoms with E-state index < -0.39 is 0 Å². The van der Waals surface area contributed by atoms with E-state index in [2.05, 4.69) is 51.8 Å². The van der Waals surface area contributed by atoms with Crippen molar-refractivity contribution in [2.45, 2.75) is 40.2 Å².